The zero-order valence-corrected chi connectivity index (χ0v) is 14.3. The van der Waals surface area contributed by atoms with E-state index in [1.807, 2.05) is 0 Å². The van der Waals surface area contributed by atoms with Gasteiger partial charge < -0.3 is 5.32 Å². The van der Waals surface area contributed by atoms with Crippen molar-refractivity contribution in [1.29, 1.82) is 0 Å². The second-order valence-corrected chi connectivity index (χ2v) is 6.37. The topological polar surface area (TPSA) is 12.0 Å². The van der Waals surface area contributed by atoms with Crippen LogP contribution >= 0.6 is 31.9 Å². The molecule has 2 aromatic carbocycles. The molecule has 0 aliphatic rings. The molecule has 3 heteroatoms. The number of nitrogens with one attached hydrogen (secondary N) is 1. The summed E-state index contributed by atoms with van der Waals surface area (Å²) in [4.78, 5) is 0. The van der Waals surface area contributed by atoms with Crippen LogP contribution in [0.15, 0.2) is 51.4 Å². The van der Waals surface area contributed by atoms with Crippen molar-refractivity contribution in [2.45, 2.75) is 19.9 Å². The van der Waals surface area contributed by atoms with E-state index < -0.39 is 0 Å². The highest BCUT2D eigenvalue weighted by Crippen LogP contribution is 2.28. The number of aryl methyl sites for hydroxylation is 1. The van der Waals surface area contributed by atoms with Crippen LogP contribution in [0.1, 0.15) is 29.7 Å². The van der Waals surface area contributed by atoms with Crippen molar-refractivity contribution in [3.8, 4) is 0 Å². The lowest BCUT2D eigenvalue weighted by molar-refractivity contribution is 0.627. The summed E-state index contributed by atoms with van der Waals surface area (Å²) in [5.74, 6) is 0. The smallest absolute Gasteiger partial charge is 0.0579 e. The fourth-order valence-electron chi connectivity index (χ4n) is 2.19. The highest BCUT2D eigenvalue weighted by molar-refractivity contribution is 9.10. The van der Waals surface area contributed by atoms with E-state index in [9.17, 15) is 0 Å². The van der Waals surface area contributed by atoms with Crippen LogP contribution in [-0.4, -0.2) is 6.54 Å². The van der Waals surface area contributed by atoms with Gasteiger partial charge in [0.05, 0.1) is 6.04 Å². The Bertz CT molecular complexity index is 549. The molecular weight excluding hydrogens is 366 g/mol. The van der Waals surface area contributed by atoms with Crippen molar-refractivity contribution in [3.05, 3.63) is 68.1 Å². The lowest BCUT2D eigenvalue weighted by Gasteiger charge is -2.21. The Morgan fingerprint density at radius 1 is 1.00 bits per heavy atom. The largest absolute Gasteiger partial charge is 0.307 e. The second-order valence-electron chi connectivity index (χ2n) is 4.54. The standard InChI is InChI=1S/C16H17Br2N/c1-3-19-16(12-5-8-13(17)9-6-12)15-10-14(18)7-4-11(15)2/h4-10,16,19H,3H2,1-2H3. The lowest BCUT2D eigenvalue weighted by Crippen LogP contribution is -2.22. The average Bonchev–Trinajstić information content (AvgIpc) is 2.40. The van der Waals surface area contributed by atoms with E-state index in [4.69, 9.17) is 0 Å². The van der Waals surface area contributed by atoms with Crippen LogP contribution in [0.4, 0.5) is 0 Å². The van der Waals surface area contributed by atoms with Crippen LogP contribution in [0.5, 0.6) is 0 Å². The maximum atomic E-state index is 3.57. The van der Waals surface area contributed by atoms with E-state index in [0.29, 0.717) is 0 Å². The summed E-state index contributed by atoms with van der Waals surface area (Å²) in [6.45, 7) is 5.23. The number of benzene rings is 2. The molecule has 1 N–H and O–H groups in total. The van der Waals surface area contributed by atoms with Crippen molar-refractivity contribution < 1.29 is 0 Å². The summed E-state index contributed by atoms with van der Waals surface area (Å²) in [5.41, 5.74) is 3.90. The van der Waals surface area contributed by atoms with Gasteiger partial charge >= 0.3 is 0 Å². The highest BCUT2D eigenvalue weighted by Gasteiger charge is 2.15. The SMILES string of the molecule is CCNC(c1ccc(Br)cc1)c1cc(Br)ccc1C. The number of halogens is 2. The molecule has 100 valence electrons. The summed E-state index contributed by atoms with van der Waals surface area (Å²) in [6, 6.07) is 15.2. The molecule has 0 fully saturated rings. The third kappa shape index (κ3) is 3.68. The highest BCUT2D eigenvalue weighted by atomic mass is 79.9. The molecule has 19 heavy (non-hydrogen) atoms. The Labute approximate surface area is 131 Å². The monoisotopic (exact) mass is 381 g/mol. The molecular formula is C16H17Br2N. The van der Waals surface area contributed by atoms with Gasteiger partial charge in [-0.05, 0) is 54.4 Å². The quantitative estimate of drug-likeness (QED) is 0.764. The molecule has 0 radical (unpaired) electrons. The first-order chi connectivity index (χ1) is 9.11. The molecule has 0 amide bonds. The second kappa shape index (κ2) is 6.69. The van der Waals surface area contributed by atoms with Crippen LogP contribution in [0, 0.1) is 6.92 Å². The molecule has 0 aliphatic carbocycles. The van der Waals surface area contributed by atoms with Crippen LogP contribution in [-0.2, 0) is 0 Å². The van der Waals surface area contributed by atoms with Crippen LogP contribution in [0.2, 0.25) is 0 Å². The molecule has 1 unspecified atom stereocenters. The summed E-state index contributed by atoms with van der Waals surface area (Å²) in [5, 5.41) is 3.57. The van der Waals surface area contributed by atoms with Crippen LogP contribution in [0.3, 0.4) is 0 Å². The molecule has 0 saturated carbocycles. The van der Waals surface area contributed by atoms with Gasteiger partial charge in [0.25, 0.3) is 0 Å². The van der Waals surface area contributed by atoms with Gasteiger partial charge in [0, 0.05) is 8.95 Å². The van der Waals surface area contributed by atoms with E-state index in [1.165, 1.54) is 16.7 Å². The van der Waals surface area contributed by atoms with Gasteiger partial charge in [-0.3, -0.25) is 0 Å². The van der Waals surface area contributed by atoms with Gasteiger partial charge in [0.1, 0.15) is 0 Å². The van der Waals surface area contributed by atoms with E-state index in [0.717, 1.165) is 15.5 Å². The summed E-state index contributed by atoms with van der Waals surface area (Å²) >= 11 is 7.05. The molecule has 0 aromatic heterocycles. The number of rotatable bonds is 4. The van der Waals surface area contributed by atoms with Gasteiger partial charge in [-0.1, -0.05) is 57.0 Å². The van der Waals surface area contributed by atoms with Gasteiger partial charge in [-0.25, -0.2) is 0 Å². The zero-order valence-electron chi connectivity index (χ0n) is 11.1. The molecule has 0 spiro atoms. The van der Waals surface area contributed by atoms with E-state index in [-0.39, 0.29) is 6.04 Å². The first kappa shape index (κ1) is 14.8. The molecule has 0 heterocycles. The Hall–Kier alpha value is -0.640. The summed E-state index contributed by atoms with van der Waals surface area (Å²) in [7, 11) is 0. The van der Waals surface area contributed by atoms with Crippen LogP contribution in [0.25, 0.3) is 0 Å². The van der Waals surface area contributed by atoms with E-state index in [1.54, 1.807) is 0 Å². The minimum atomic E-state index is 0.232. The maximum absolute atomic E-state index is 3.57. The molecule has 0 aliphatic heterocycles. The lowest BCUT2D eigenvalue weighted by atomic mass is 9.95. The Balaban J connectivity index is 2.44. The van der Waals surface area contributed by atoms with Gasteiger partial charge in [0.15, 0.2) is 0 Å². The Morgan fingerprint density at radius 3 is 2.26 bits per heavy atom. The van der Waals surface area contributed by atoms with Crippen molar-refractivity contribution in [2.75, 3.05) is 6.54 Å². The Kier molecular flexibility index (Phi) is 5.20. The third-order valence-corrected chi connectivity index (χ3v) is 4.19. The fraction of sp³-hybridized carbons (Fsp3) is 0.250. The maximum Gasteiger partial charge on any atom is 0.0579 e. The van der Waals surface area contributed by atoms with Crippen LogP contribution < -0.4 is 5.32 Å². The molecule has 2 aromatic rings. The first-order valence-electron chi connectivity index (χ1n) is 6.36. The van der Waals surface area contributed by atoms with Gasteiger partial charge in [0.2, 0.25) is 0 Å². The minimum Gasteiger partial charge on any atom is -0.307 e. The predicted octanol–water partition coefficient (Wildman–Crippen LogP) is 5.22. The normalized spacial score (nSPS) is 12.4. The Morgan fingerprint density at radius 2 is 1.63 bits per heavy atom. The summed E-state index contributed by atoms with van der Waals surface area (Å²) < 4.78 is 2.23. The zero-order chi connectivity index (χ0) is 13.8. The fourth-order valence-corrected chi connectivity index (χ4v) is 2.83. The van der Waals surface area contributed by atoms with E-state index >= 15 is 0 Å². The predicted molar refractivity (Wildman–Crippen MR) is 88.5 cm³/mol. The van der Waals surface area contributed by atoms with Crippen molar-refractivity contribution >= 4 is 31.9 Å². The summed E-state index contributed by atoms with van der Waals surface area (Å²) in [6.07, 6.45) is 0. The molecule has 1 nitrogen and oxygen atoms in total. The molecule has 1 atom stereocenters. The van der Waals surface area contributed by atoms with Crippen molar-refractivity contribution in [1.82, 2.24) is 5.32 Å². The molecule has 2 rings (SSSR count). The number of hydrogen-bond donors (Lipinski definition) is 1. The molecule has 0 bridgehead atoms. The molecule has 0 saturated heterocycles. The average molecular weight is 383 g/mol. The van der Waals surface area contributed by atoms with E-state index in [2.05, 4.69) is 93.5 Å². The van der Waals surface area contributed by atoms with Gasteiger partial charge in [-0.2, -0.15) is 0 Å². The van der Waals surface area contributed by atoms with Crippen molar-refractivity contribution in [2.24, 2.45) is 0 Å². The number of hydrogen-bond acceptors (Lipinski definition) is 1. The third-order valence-electron chi connectivity index (χ3n) is 3.16. The van der Waals surface area contributed by atoms with Gasteiger partial charge in [-0.15, -0.1) is 0 Å². The minimum absolute atomic E-state index is 0.232. The van der Waals surface area contributed by atoms with Crippen molar-refractivity contribution in [3.63, 3.8) is 0 Å². The first-order valence-corrected chi connectivity index (χ1v) is 7.95.